The Bertz CT molecular complexity index is 869. The molecule has 3 aromatic rings. The first-order valence-corrected chi connectivity index (χ1v) is 7.88. The van der Waals surface area contributed by atoms with E-state index in [-0.39, 0.29) is 11.5 Å². The second kappa shape index (κ2) is 6.70. The summed E-state index contributed by atoms with van der Waals surface area (Å²) in [5.41, 5.74) is 1.72. The summed E-state index contributed by atoms with van der Waals surface area (Å²) in [5, 5.41) is 9.42. The quantitative estimate of drug-likeness (QED) is 0.705. The third-order valence-electron chi connectivity index (χ3n) is 3.88. The highest BCUT2D eigenvalue weighted by atomic mass is 16.5. The lowest BCUT2D eigenvalue weighted by Crippen LogP contribution is -2.09. The molecule has 6 nitrogen and oxygen atoms in total. The van der Waals surface area contributed by atoms with Crippen molar-refractivity contribution in [2.45, 2.75) is 26.2 Å². The van der Waals surface area contributed by atoms with Gasteiger partial charge < -0.3 is 9.84 Å². The molecule has 2 heterocycles. The summed E-state index contributed by atoms with van der Waals surface area (Å²) in [5.74, 6) is 1.01. The van der Waals surface area contributed by atoms with Crippen molar-refractivity contribution >= 4 is 11.6 Å². The van der Waals surface area contributed by atoms with Crippen LogP contribution in [0.2, 0.25) is 0 Å². The first-order valence-electron chi connectivity index (χ1n) is 7.88. The molecule has 3 rings (SSSR count). The van der Waals surface area contributed by atoms with Crippen LogP contribution in [0.3, 0.4) is 0 Å². The molecule has 6 heteroatoms. The van der Waals surface area contributed by atoms with Crippen LogP contribution >= 0.6 is 0 Å². The number of ether oxygens (including phenoxy) is 1. The molecule has 0 bridgehead atoms. The van der Waals surface area contributed by atoms with Crippen molar-refractivity contribution in [2.75, 3.05) is 7.11 Å². The summed E-state index contributed by atoms with van der Waals surface area (Å²) in [6, 6.07) is 6.21. The second-order valence-corrected chi connectivity index (χ2v) is 5.55. The van der Waals surface area contributed by atoms with Gasteiger partial charge in [-0.1, -0.05) is 13.3 Å². The minimum Gasteiger partial charge on any atom is -0.508 e. The summed E-state index contributed by atoms with van der Waals surface area (Å²) in [7, 11) is 1.55. The normalized spacial score (nSPS) is 10.9. The Hall–Kier alpha value is -2.89. The van der Waals surface area contributed by atoms with Crippen LogP contribution in [0.15, 0.2) is 36.7 Å². The van der Waals surface area contributed by atoms with E-state index < -0.39 is 0 Å². The van der Waals surface area contributed by atoms with Gasteiger partial charge in [0.25, 0.3) is 0 Å². The molecule has 0 aliphatic carbocycles. The Morgan fingerprint density at radius 1 is 1.29 bits per heavy atom. The monoisotopic (exact) mass is 325 g/mol. The first kappa shape index (κ1) is 16.0. The molecule has 0 aliphatic heterocycles. The number of fused-ring (bicyclic) bond motifs is 1. The Morgan fingerprint density at radius 3 is 2.71 bits per heavy atom. The number of aromatic nitrogens is 3. The fourth-order valence-corrected chi connectivity index (χ4v) is 2.58. The van der Waals surface area contributed by atoms with Gasteiger partial charge in [0, 0.05) is 5.56 Å². The van der Waals surface area contributed by atoms with E-state index in [2.05, 4.69) is 16.9 Å². The fraction of sp³-hybridized carbons (Fsp3) is 0.278. The lowest BCUT2D eigenvalue weighted by molar-refractivity contribution is 0.103. The van der Waals surface area contributed by atoms with Gasteiger partial charge in [-0.05, 0) is 37.1 Å². The van der Waals surface area contributed by atoms with Gasteiger partial charge in [-0.15, -0.1) is 0 Å². The molecular weight excluding hydrogens is 306 g/mol. The number of unbranched alkanes of at least 4 members (excludes halogenated alkanes) is 1. The van der Waals surface area contributed by atoms with E-state index >= 15 is 0 Å². The Balaban J connectivity index is 2.14. The molecule has 1 aromatic carbocycles. The zero-order valence-corrected chi connectivity index (χ0v) is 13.7. The number of imidazole rings is 1. The molecule has 0 radical (unpaired) electrons. The summed E-state index contributed by atoms with van der Waals surface area (Å²) >= 11 is 0. The Kier molecular flexibility index (Phi) is 4.46. The van der Waals surface area contributed by atoms with E-state index in [1.54, 1.807) is 36.0 Å². The van der Waals surface area contributed by atoms with Crippen LogP contribution in [0.1, 0.15) is 41.5 Å². The molecule has 0 saturated heterocycles. The number of methoxy groups -OCH3 is 1. The predicted octanol–water partition coefficient (Wildman–Crippen LogP) is 3.02. The fourth-order valence-electron chi connectivity index (χ4n) is 2.58. The highest BCUT2D eigenvalue weighted by Gasteiger charge is 2.21. The van der Waals surface area contributed by atoms with Crippen LogP contribution in [0, 0.1) is 0 Å². The number of nitrogens with zero attached hydrogens (tertiary/aromatic N) is 3. The lowest BCUT2D eigenvalue weighted by Gasteiger charge is -2.06. The highest BCUT2D eigenvalue weighted by Crippen LogP contribution is 2.21. The summed E-state index contributed by atoms with van der Waals surface area (Å²) in [4.78, 5) is 21.8. The van der Waals surface area contributed by atoms with E-state index in [1.165, 1.54) is 12.1 Å². The second-order valence-electron chi connectivity index (χ2n) is 5.55. The molecule has 124 valence electrons. The zero-order valence-electron chi connectivity index (χ0n) is 13.7. The molecule has 0 atom stereocenters. The molecule has 2 aromatic heterocycles. The molecule has 0 amide bonds. The van der Waals surface area contributed by atoms with Gasteiger partial charge in [-0.25, -0.2) is 9.97 Å². The minimum atomic E-state index is -0.149. The maximum atomic E-state index is 13.0. The summed E-state index contributed by atoms with van der Waals surface area (Å²) < 4.78 is 6.89. The molecule has 0 aliphatic rings. The largest absolute Gasteiger partial charge is 0.508 e. The van der Waals surface area contributed by atoms with E-state index in [4.69, 9.17) is 4.74 Å². The molecule has 1 N–H and O–H groups in total. The van der Waals surface area contributed by atoms with Gasteiger partial charge in [0.1, 0.15) is 11.4 Å². The summed E-state index contributed by atoms with van der Waals surface area (Å²) in [6.07, 6.45) is 5.97. The van der Waals surface area contributed by atoms with Crippen LogP contribution in [-0.2, 0) is 6.42 Å². The van der Waals surface area contributed by atoms with Gasteiger partial charge >= 0.3 is 0 Å². The summed E-state index contributed by atoms with van der Waals surface area (Å²) in [6.45, 7) is 2.10. The van der Waals surface area contributed by atoms with Gasteiger partial charge in [0.05, 0.1) is 25.2 Å². The number of hydrogen-bond donors (Lipinski definition) is 1. The maximum Gasteiger partial charge on any atom is 0.234 e. The molecular formula is C18H19N3O3. The maximum absolute atomic E-state index is 13.0. The van der Waals surface area contributed by atoms with Crippen molar-refractivity contribution < 1.29 is 14.6 Å². The van der Waals surface area contributed by atoms with Crippen molar-refractivity contribution in [1.29, 1.82) is 0 Å². The van der Waals surface area contributed by atoms with E-state index in [1.807, 2.05) is 0 Å². The third kappa shape index (κ3) is 2.95. The minimum absolute atomic E-state index is 0.124. The van der Waals surface area contributed by atoms with Crippen molar-refractivity contribution in [1.82, 2.24) is 14.4 Å². The van der Waals surface area contributed by atoms with E-state index in [0.717, 1.165) is 18.5 Å². The van der Waals surface area contributed by atoms with Gasteiger partial charge in [-0.2, -0.15) is 0 Å². The Morgan fingerprint density at radius 2 is 2.04 bits per heavy atom. The molecule has 0 unspecified atom stereocenters. The number of hydrogen-bond acceptors (Lipinski definition) is 5. The van der Waals surface area contributed by atoms with E-state index in [0.29, 0.717) is 29.2 Å². The molecule has 0 spiro atoms. The average molecular weight is 325 g/mol. The number of ketones is 1. The molecule has 0 fully saturated rings. The highest BCUT2D eigenvalue weighted by molar-refractivity contribution is 6.09. The number of carbonyl (C=O) groups excluding carboxylic acids is 1. The SMILES string of the molecule is CCCCc1nc2ncc(OC)cn2c1C(=O)c1ccc(O)cc1. The van der Waals surface area contributed by atoms with Crippen LogP contribution < -0.4 is 4.74 Å². The standard InChI is InChI=1S/C18H19N3O3/c1-3-4-5-15-16(17(23)12-6-8-13(22)9-7-12)21-11-14(24-2)10-19-18(21)20-15/h6-11,22H,3-5H2,1-2H3. The number of carbonyl (C=O) groups is 1. The van der Waals surface area contributed by atoms with Gasteiger partial charge in [-0.3, -0.25) is 9.20 Å². The predicted molar refractivity (Wildman–Crippen MR) is 89.7 cm³/mol. The zero-order chi connectivity index (χ0) is 17.1. The number of rotatable bonds is 6. The number of aromatic hydroxyl groups is 1. The first-order chi connectivity index (χ1) is 11.6. The number of phenols is 1. The van der Waals surface area contributed by atoms with Crippen molar-refractivity contribution in [3.63, 3.8) is 0 Å². The van der Waals surface area contributed by atoms with Crippen molar-refractivity contribution in [3.05, 3.63) is 53.6 Å². The molecule has 0 saturated carbocycles. The van der Waals surface area contributed by atoms with Crippen molar-refractivity contribution in [3.8, 4) is 11.5 Å². The molecule has 24 heavy (non-hydrogen) atoms. The average Bonchev–Trinajstić information content (AvgIpc) is 2.97. The van der Waals surface area contributed by atoms with Crippen LogP contribution in [-0.4, -0.2) is 32.4 Å². The van der Waals surface area contributed by atoms with Crippen LogP contribution in [0.4, 0.5) is 0 Å². The van der Waals surface area contributed by atoms with E-state index in [9.17, 15) is 9.90 Å². The van der Waals surface area contributed by atoms with Gasteiger partial charge in [0.15, 0.2) is 5.75 Å². The smallest absolute Gasteiger partial charge is 0.234 e. The number of aryl methyl sites for hydroxylation is 1. The van der Waals surface area contributed by atoms with Crippen LogP contribution in [0.5, 0.6) is 11.5 Å². The van der Waals surface area contributed by atoms with Gasteiger partial charge in [0.2, 0.25) is 11.6 Å². The van der Waals surface area contributed by atoms with Crippen molar-refractivity contribution in [2.24, 2.45) is 0 Å². The lowest BCUT2D eigenvalue weighted by atomic mass is 10.0. The topological polar surface area (TPSA) is 76.7 Å². The third-order valence-corrected chi connectivity index (χ3v) is 3.88. The number of phenolic OH excluding ortho intramolecular Hbond substituents is 1. The van der Waals surface area contributed by atoms with Crippen LogP contribution in [0.25, 0.3) is 5.78 Å². The Labute approximate surface area is 139 Å². The number of benzene rings is 1.